The van der Waals surface area contributed by atoms with Crippen molar-refractivity contribution in [2.45, 2.75) is 31.8 Å². The van der Waals surface area contributed by atoms with E-state index in [0.717, 1.165) is 31.8 Å². The predicted molar refractivity (Wildman–Crippen MR) is 55.4 cm³/mol. The Labute approximate surface area is 82.7 Å². The summed E-state index contributed by atoms with van der Waals surface area (Å²) in [5, 5.41) is 3.47. The summed E-state index contributed by atoms with van der Waals surface area (Å²) in [4.78, 5) is 0. The standard InChI is InChI=1S/C9H19NO2S/c1-8(4-6-13(2)11)10-9-3-5-12-7-9/h8-10H,3-7H2,1-2H3. The van der Waals surface area contributed by atoms with Gasteiger partial charge in [0, 0.05) is 41.5 Å². The van der Waals surface area contributed by atoms with E-state index >= 15 is 0 Å². The van der Waals surface area contributed by atoms with Gasteiger partial charge in [0.05, 0.1) is 6.61 Å². The van der Waals surface area contributed by atoms with E-state index in [1.165, 1.54) is 0 Å². The van der Waals surface area contributed by atoms with E-state index in [4.69, 9.17) is 4.74 Å². The zero-order valence-corrected chi connectivity index (χ0v) is 9.23. The van der Waals surface area contributed by atoms with Gasteiger partial charge in [-0.3, -0.25) is 4.21 Å². The molecule has 3 unspecified atom stereocenters. The molecule has 1 fully saturated rings. The number of nitrogens with one attached hydrogen (secondary N) is 1. The Hall–Kier alpha value is 0.0700. The third-order valence-electron chi connectivity index (χ3n) is 2.29. The van der Waals surface area contributed by atoms with Gasteiger partial charge in [-0.15, -0.1) is 0 Å². The zero-order valence-electron chi connectivity index (χ0n) is 8.41. The van der Waals surface area contributed by atoms with Crippen LogP contribution in [0.1, 0.15) is 19.8 Å². The number of ether oxygens (including phenoxy) is 1. The van der Waals surface area contributed by atoms with Crippen LogP contribution in [0.3, 0.4) is 0 Å². The SMILES string of the molecule is CC(CCS(C)=O)NC1CCOC1. The monoisotopic (exact) mass is 205 g/mol. The summed E-state index contributed by atoms with van der Waals surface area (Å²) in [6.07, 6.45) is 3.85. The summed E-state index contributed by atoms with van der Waals surface area (Å²) in [6.45, 7) is 3.86. The molecule has 4 heteroatoms. The summed E-state index contributed by atoms with van der Waals surface area (Å²) in [6, 6.07) is 0.968. The molecule has 13 heavy (non-hydrogen) atoms. The number of hydrogen-bond acceptors (Lipinski definition) is 3. The molecule has 78 valence electrons. The molecule has 1 rings (SSSR count). The van der Waals surface area contributed by atoms with Gasteiger partial charge < -0.3 is 10.1 Å². The lowest BCUT2D eigenvalue weighted by molar-refractivity contribution is 0.188. The van der Waals surface area contributed by atoms with Gasteiger partial charge in [-0.1, -0.05) is 0 Å². The van der Waals surface area contributed by atoms with Crippen molar-refractivity contribution in [2.24, 2.45) is 0 Å². The molecule has 1 N–H and O–H groups in total. The van der Waals surface area contributed by atoms with Crippen LogP contribution in [0.15, 0.2) is 0 Å². The van der Waals surface area contributed by atoms with E-state index in [-0.39, 0.29) is 0 Å². The molecule has 3 nitrogen and oxygen atoms in total. The first-order valence-corrected chi connectivity index (χ1v) is 6.55. The van der Waals surface area contributed by atoms with Gasteiger partial charge in [0.15, 0.2) is 0 Å². The van der Waals surface area contributed by atoms with Crippen LogP contribution in [0.25, 0.3) is 0 Å². The van der Waals surface area contributed by atoms with Crippen LogP contribution in [0, 0.1) is 0 Å². The fraction of sp³-hybridized carbons (Fsp3) is 1.00. The molecular formula is C9H19NO2S. The zero-order chi connectivity index (χ0) is 9.68. The first-order valence-electron chi connectivity index (χ1n) is 4.82. The third kappa shape index (κ3) is 4.74. The maximum Gasteiger partial charge on any atom is 0.0620 e. The van der Waals surface area contributed by atoms with Gasteiger partial charge in [-0.2, -0.15) is 0 Å². The largest absolute Gasteiger partial charge is 0.380 e. The minimum absolute atomic E-state index is 0.454. The first-order chi connectivity index (χ1) is 6.18. The second-order valence-corrected chi connectivity index (χ2v) is 5.25. The summed E-state index contributed by atoms with van der Waals surface area (Å²) in [5.74, 6) is 0.793. The maximum atomic E-state index is 10.8. The van der Waals surface area contributed by atoms with Crippen molar-refractivity contribution in [2.75, 3.05) is 25.2 Å². The first kappa shape index (κ1) is 11.1. The minimum Gasteiger partial charge on any atom is -0.380 e. The lowest BCUT2D eigenvalue weighted by Crippen LogP contribution is -2.37. The van der Waals surface area contributed by atoms with Crippen molar-refractivity contribution in [3.05, 3.63) is 0 Å². The van der Waals surface area contributed by atoms with Crippen LogP contribution < -0.4 is 5.32 Å². The molecular weight excluding hydrogens is 186 g/mol. The van der Waals surface area contributed by atoms with Gasteiger partial charge in [0.25, 0.3) is 0 Å². The molecule has 0 aromatic rings. The Balaban J connectivity index is 2.09. The molecule has 0 spiro atoms. The smallest absolute Gasteiger partial charge is 0.0620 e. The van der Waals surface area contributed by atoms with E-state index in [2.05, 4.69) is 12.2 Å². The summed E-state index contributed by atoms with van der Waals surface area (Å²) >= 11 is 0. The lowest BCUT2D eigenvalue weighted by Gasteiger charge is -2.17. The normalized spacial score (nSPS) is 27.4. The van der Waals surface area contributed by atoms with Crippen molar-refractivity contribution in [1.29, 1.82) is 0 Å². The topological polar surface area (TPSA) is 38.3 Å². The van der Waals surface area contributed by atoms with Crippen LogP contribution in [0.5, 0.6) is 0 Å². The number of rotatable bonds is 5. The van der Waals surface area contributed by atoms with Crippen molar-refractivity contribution >= 4 is 10.8 Å². The Morgan fingerprint density at radius 3 is 3.00 bits per heavy atom. The number of hydrogen-bond donors (Lipinski definition) is 1. The Bertz CT molecular complexity index is 169. The molecule has 0 aromatic carbocycles. The molecule has 0 aliphatic carbocycles. The van der Waals surface area contributed by atoms with Crippen LogP contribution in [0.4, 0.5) is 0 Å². The molecule has 1 heterocycles. The molecule has 0 amide bonds. The Kier molecular flexibility index (Phi) is 4.91. The second kappa shape index (κ2) is 5.73. The fourth-order valence-electron chi connectivity index (χ4n) is 1.49. The van der Waals surface area contributed by atoms with Crippen LogP contribution in [-0.4, -0.2) is 41.5 Å². The van der Waals surface area contributed by atoms with Crippen molar-refractivity contribution in [3.8, 4) is 0 Å². The fourth-order valence-corrected chi connectivity index (χ4v) is 2.18. The average molecular weight is 205 g/mol. The molecule has 0 bridgehead atoms. The van der Waals surface area contributed by atoms with Gasteiger partial charge in [0.1, 0.15) is 0 Å². The highest BCUT2D eigenvalue weighted by molar-refractivity contribution is 7.84. The van der Waals surface area contributed by atoms with Crippen LogP contribution >= 0.6 is 0 Å². The molecule has 3 atom stereocenters. The van der Waals surface area contributed by atoms with Crippen LogP contribution in [0.2, 0.25) is 0 Å². The summed E-state index contributed by atoms with van der Waals surface area (Å²) < 4.78 is 16.1. The van der Waals surface area contributed by atoms with Crippen LogP contribution in [-0.2, 0) is 15.5 Å². The average Bonchev–Trinajstić information content (AvgIpc) is 2.53. The van der Waals surface area contributed by atoms with E-state index in [1.807, 2.05) is 0 Å². The van der Waals surface area contributed by atoms with Crippen molar-refractivity contribution in [1.82, 2.24) is 5.32 Å². The predicted octanol–water partition coefficient (Wildman–Crippen LogP) is 0.522. The third-order valence-corrected chi connectivity index (χ3v) is 3.10. The molecule has 0 saturated carbocycles. The molecule has 0 radical (unpaired) electrons. The minimum atomic E-state index is -0.660. The molecule has 0 aromatic heterocycles. The molecule has 1 aliphatic heterocycles. The van der Waals surface area contributed by atoms with E-state index in [1.54, 1.807) is 6.26 Å². The van der Waals surface area contributed by atoms with E-state index in [0.29, 0.717) is 12.1 Å². The van der Waals surface area contributed by atoms with Gasteiger partial charge >= 0.3 is 0 Å². The van der Waals surface area contributed by atoms with Crippen molar-refractivity contribution in [3.63, 3.8) is 0 Å². The quantitative estimate of drug-likeness (QED) is 0.711. The van der Waals surface area contributed by atoms with E-state index in [9.17, 15) is 4.21 Å². The summed E-state index contributed by atoms with van der Waals surface area (Å²) in [7, 11) is -0.660. The van der Waals surface area contributed by atoms with Gasteiger partial charge in [-0.05, 0) is 19.8 Å². The van der Waals surface area contributed by atoms with E-state index < -0.39 is 10.8 Å². The lowest BCUT2D eigenvalue weighted by atomic mass is 10.2. The van der Waals surface area contributed by atoms with Gasteiger partial charge in [-0.25, -0.2) is 0 Å². The highest BCUT2D eigenvalue weighted by Gasteiger charge is 2.17. The second-order valence-electron chi connectivity index (χ2n) is 3.69. The highest BCUT2D eigenvalue weighted by atomic mass is 32.2. The maximum absolute atomic E-state index is 10.8. The molecule has 1 aliphatic rings. The highest BCUT2D eigenvalue weighted by Crippen LogP contribution is 2.05. The summed E-state index contributed by atoms with van der Waals surface area (Å²) in [5.41, 5.74) is 0. The Morgan fingerprint density at radius 1 is 1.69 bits per heavy atom. The Morgan fingerprint density at radius 2 is 2.46 bits per heavy atom. The van der Waals surface area contributed by atoms with Gasteiger partial charge in [0.2, 0.25) is 0 Å². The van der Waals surface area contributed by atoms with Crippen molar-refractivity contribution < 1.29 is 8.95 Å². The molecule has 1 saturated heterocycles.